The number of amides is 2. The van der Waals surface area contributed by atoms with Gasteiger partial charge in [-0.05, 0) is 66.6 Å². The second kappa shape index (κ2) is 7.67. The first kappa shape index (κ1) is 19.1. The Bertz CT molecular complexity index is 1100. The van der Waals surface area contributed by atoms with Gasteiger partial charge in [0.15, 0.2) is 0 Å². The molecular weight excluding hydrogens is 388 g/mol. The molecule has 0 spiro atoms. The Morgan fingerprint density at radius 1 is 1.17 bits per heavy atom. The zero-order valence-electron chi connectivity index (χ0n) is 16.3. The molecule has 8 nitrogen and oxygen atoms in total. The van der Waals surface area contributed by atoms with Gasteiger partial charge in [0.2, 0.25) is 17.0 Å². The number of para-hydroxylation sites is 2. The number of benzene rings is 2. The van der Waals surface area contributed by atoms with Crippen molar-refractivity contribution >= 4 is 35.0 Å². The maximum absolute atomic E-state index is 13.1. The van der Waals surface area contributed by atoms with Crippen molar-refractivity contribution in [1.29, 1.82) is 0 Å². The highest BCUT2D eigenvalue weighted by atomic mass is 32.2. The molecule has 1 aromatic heterocycles. The zero-order chi connectivity index (χ0) is 20.5. The van der Waals surface area contributed by atoms with Crippen LogP contribution in [0.25, 0.3) is 5.69 Å². The largest absolute Gasteiger partial charge is 0.323 e. The van der Waals surface area contributed by atoms with Crippen LogP contribution in [0.15, 0.2) is 47.6 Å². The van der Waals surface area contributed by atoms with Gasteiger partial charge in [0, 0.05) is 0 Å². The highest BCUT2D eigenvalue weighted by molar-refractivity contribution is 8.00. The Labute approximate surface area is 172 Å². The Balaban J connectivity index is 1.57. The number of hydrogen-bond donors (Lipinski definition) is 1. The molecule has 0 radical (unpaired) electrons. The number of carbonyl (C=O) groups is 2. The Hall–Kier alpha value is -3.20. The van der Waals surface area contributed by atoms with Crippen LogP contribution < -0.4 is 10.2 Å². The van der Waals surface area contributed by atoms with Gasteiger partial charge in [0.05, 0.1) is 22.3 Å². The smallest absolute Gasteiger partial charge is 0.244 e. The third-order valence-electron chi connectivity index (χ3n) is 4.84. The molecule has 0 aliphatic carbocycles. The molecule has 9 heteroatoms. The molecule has 29 heavy (non-hydrogen) atoms. The van der Waals surface area contributed by atoms with Crippen LogP contribution in [0.3, 0.4) is 0 Å². The van der Waals surface area contributed by atoms with E-state index in [9.17, 15) is 9.59 Å². The fraction of sp³-hybridized carbons (Fsp3) is 0.250. The fourth-order valence-corrected chi connectivity index (χ4v) is 4.00. The van der Waals surface area contributed by atoms with E-state index in [0.717, 1.165) is 11.3 Å². The third kappa shape index (κ3) is 3.73. The SMILES string of the molecule is Cc1ccc(-n2nnnc2S[C@H](C)C(=O)N2CC(=O)Nc3ccccc32)cc1C. The second-order valence-corrected chi connectivity index (χ2v) is 8.20. The fourth-order valence-electron chi connectivity index (χ4n) is 3.13. The van der Waals surface area contributed by atoms with E-state index in [-0.39, 0.29) is 18.4 Å². The summed E-state index contributed by atoms with van der Waals surface area (Å²) in [6.45, 7) is 5.85. The molecule has 0 saturated carbocycles. The topological polar surface area (TPSA) is 93.0 Å². The van der Waals surface area contributed by atoms with Gasteiger partial charge in [-0.2, -0.15) is 4.68 Å². The summed E-state index contributed by atoms with van der Waals surface area (Å²) in [6.07, 6.45) is 0. The lowest BCUT2D eigenvalue weighted by atomic mass is 10.1. The first-order chi connectivity index (χ1) is 13.9. The lowest BCUT2D eigenvalue weighted by molar-refractivity contribution is -0.121. The lowest BCUT2D eigenvalue weighted by Gasteiger charge is -2.30. The second-order valence-electron chi connectivity index (χ2n) is 6.89. The van der Waals surface area contributed by atoms with E-state index < -0.39 is 5.25 Å². The van der Waals surface area contributed by atoms with E-state index in [1.165, 1.54) is 22.2 Å². The molecule has 0 fully saturated rings. The number of hydrogen-bond acceptors (Lipinski definition) is 6. The number of nitrogens with zero attached hydrogens (tertiary/aromatic N) is 5. The number of carbonyl (C=O) groups excluding carboxylic acids is 2. The van der Waals surface area contributed by atoms with E-state index >= 15 is 0 Å². The molecule has 4 rings (SSSR count). The van der Waals surface area contributed by atoms with Crippen LogP contribution in [0.4, 0.5) is 11.4 Å². The molecule has 1 aliphatic heterocycles. The molecule has 2 aromatic carbocycles. The summed E-state index contributed by atoms with van der Waals surface area (Å²) < 4.78 is 1.62. The van der Waals surface area contributed by atoms with Gasteiger partial charge in [-0.25, -0.2) is 0 Å². The van der Waals surface area contributed by atoms with Crippen LogP contribution in [-0.2, 0) is 9.59 Å². The minimum absolute atomic E-state index is 0.0111. The van der Waals surface area contributed by atoms with Gasteiger partial charge in [-0.3, -0.25) is 14.5 Å². The summed E-state index contributed by atoms with van der Waals surface area (Å²) >= 11 is 1.26. The van der Waals surface area contributed by atoms with Crippen molar-refractivity contribution in [3.05, 3.63) is 53.6 Å². The van der Waals surface area contributed by atoms with Gasteiger partial charge in [-0.1, -0.05) is 30.0 Å². The zero-order valence-corrected chi connectivity index (χ0v) is 17.1. The highest BCUT2D eigenvalue weighted by Crippen LogP contribution is 2.32. The van der Waals surface area contributed by atoms with Gasteiger partial charge in [0.25, 0.3) is 0 Å². The molecule has 2 heterocycles. The minimum Gasteiger partial charge on any atom is -0.323 e. The average Bonchev–Trinajstić information content (AvgIpc) is 3.16. The van der Waals surface area contributed by atoms with Crippen molar-refractivity contribution in [2.24, 2.45) is 0 Å². The summed E-state index contributed by atoms with van der Waals surface area (Å²) in [4.78, 5) is 26.7. The standard InChI is InChI=1S/C20H20N6O2S/c1-12-8-9-15(10-13(12)2)26-20(22-23-24-26)29-14(3)19(28)25-11-18(27)21-16-6-4-5-7-17(16)25/h4-10,14H,11H2,1-3H3,(H,21,27)/t14-/m1/s1. The van der Waals surface area contributed by atoms with Gasteiger partial charge < -0.3 is 5.32 Å². The predicted octanol–water partition coefficient (Wildman–Crippen LogP) is 2.75. The monoisotopic (exact) mass is 408 g/mol. The molecule has 1 aliphatic rings. The summed E-state index contributed by atoms with van der Waals surface area (Å²) in [5.74, 6) is -0.388. The predicted molar refractivity (Wildman–Crippen MR) is 111 cm³/mol. The van der Waals surface area contributed by atoms with E-state index in [0.29, 0.717) is 16.5 Å². The first-order valence-corrected chi connectivity index (χ1v) is 10.0. The van der Waals surface area contributed by atoms with Crippen molar-refractivity contribution in [3.63, 3.8) is 0 Å². The van der Waals surface area contributed by atoms with Crippen molar-refractivity contribution < 1.29 is 9.59 Å². The van der Waals surface area contributed by atoms with E-state index in [2.05, 4.69) is 20.8 Å². The van der Waals surface area contributed by atoms with Gasteiger partial charge in [-0.15, -0.1) is 5.10 Å². The Morgan fingerprint density at radius 2 is 1.97 bits per heavy atom. The number of aryl methyl sites for hydroxylation is 2. The molecule has 2 amide bonds. The molecule has 0 bridgehead atoms. The lowest BCUT2D eigenvalue weighted by Crippen LogP contribution is -2.45. The maximum Gasteiger partial charge on any atom is 0.244 e. The van der Waals surface area contributed by atoms with Crippen LogP contribution in [0, 0.1) is 13.8 Å². The molecule has 0 saturated heterocycles. The number of aromatic nitrogens is 4. The van der Waals surface area contributed by atoms with Crippen LogP contribution >= 0.6 is 11.8 Å². The summed E-state index contributed by atoms with van der Waals surface area (Å²) in [5.41, 5.74) is 4.48. The van der Waals surface area contributed by atoms with Crippen LogP contribution in [0.5, 0.6) is 0 Å². The average molecular weight is 408 g/mol. The quantitative estimate of drug-likeness (QED) is 0.668. The van der Waals surface area contributed by atoms with Crippen LogP contribution in [0.2, 0.25) is 0 Å². The molecule has 1 atom stereocenters. The maximum atomic E-state index is 13.1. The van der Waals surface area contributed by atoms with Crippen LogP contribution in [-0.4, -0.2) is 43.8 Å². The van der Waals surface area contributed by atoms with Crippen molar-refractivity contribution in [1.82, 2.24) is 20.2 Å². The number of nitrogens with one attached hydrogen (secondary N) is 1. The number of rotatable bonds is 4. The molecule has 148 valence electrons. The summed E-state index contributed by atoms with van der Waals surface area (Å²) in [7, 11) is 0. The van der Waals surface area contributed by atoms with Crippen molar-refractivity contribution in [2.45, 2.75) is 31.2 Å². The number of tetrazole rings is 1. The first-order valence-electron chi connectivity index (χ1n) is 9.17. The van der Waals surface area contributed by atoms with Crippen molar-refractivity contribution in [3.8, 4) is 5.69 Å². The molecule has 0 unspecified atom stereocenters. The third-order valence-corrected chi connectivity index (χ3v) is 5.86. The molecular formula is C20H20N6O2S. The minimum atomic E-state index is -0.481. The summed E-state index contributed by atoms with van der Waals surface area (Å²) in [6, 6.07) is 13.2. The Kier molecular flexibility index (Phi) is 5.06. The Morgan fingerprint density at radius 3 is 2.76 bits per heavy atom. The highest BCUT2D eigenvalue weighted by Gasteiger charge is 2.31. The van der Waals surface area contributed by atoms with E-state index in [1.807, 2.05) is 50.2 Å². The van der Waals surface area contributed by atoms with E-state index in [1.54, 1.807) is 17.7 Å². The number of fused-ring (bicyclic) bond motifs is 1. The normalized spacial score (nSPS) is 14.3. The number of anilines is 2. The molecule has 3 aromatic rings. The van der Waals surface area contributed by atoms with Crippen LogP contribution in [0.1, 0.15) is 18.1 Å². The molecule has 1 N–H and O–H groups in total. The van der Waals surface area contributed by atoms with E-state index in [4.69, 9.17) is 0 Å². The van der Waals surface area contributed by atoms with Gasteiger partial charge >= 0.3 is 0 Å². The van der Waals surface area contributed by atoms with Crippen molar-refractivity contribution in [2.75, 3.05) is 16.8 Å². The number of thioether (sulfide) groups is 1. The summed E-state index contributed by atoms with van der Waals surface area (Å²) in [5, 5.41) is 14.8. The van der Waals surface area contributed by atoms with Gasteiger partial charge in [0.1, 0.15) is 6.54 Å².